The Balaban J connectivity index is 1.74. The molecule has 1 saturated heterocycles. The van der Waals surface area contributed by atoms with Crippen molar-refractivity contribution >= 4 is 23.7 Å². The molecule has 5 nitrogen and oxygen atoms in total. The van der Waals surface area contributed by atoms with Crippen molar-refractivity contribution in [3.8, 4) is 0 Å². The molecule has 1 aliphatic heterocycles. The first-order valence-electron chi connectivity index (χ1n) is 8.28. The van der Waals surface area contributed by atoms with E-state index in [0.717, 1.165) is 18.4 Å². The molecule has 0 aromatic heterocycles. The van der Waals surface area contributed by atoms with Crippen molar-refractivity contribution in [3.63, 3.8) is 0 Å². The zero-order valence-electron chi connectivity index (χ0n) is 14.6. The molecule has 1 fully saturated rings. The van der Waals surface area contributed by atoms with E-state index in [4.69, 9.17) is 4.74 Å². The maximum Gasteiger partial charge on any atom is 0.410 e. The molecule has 0 bridgehead atoms. The van der Waals surface area contributed by atoms with Gasteiger partial charge in [-0.1, -0.05) is 34.7 Å². The van der Waals surface area contributed by atoms with Gasteiger partial charge in [-0.25, -0.2) is 4.79 Å². The van der Waals surface area contributed by atoms with Crippen molar-refractivity contribution in [3.05, 3.63) is 35.9 Å². The Morgan fingerprint density at radius 2 is 1.96 bits per heavy atom. The number of hydrogen-bond donors (Lipinski definition) is 0. The van der Waals surface area contributed by atoms with E-state index in [0.29, 0.717) is 19.7 Å². The van der Waals surface area contributed by atoms with Crippen LogP contribution in [0.1, 0.15) is 39.2 Å². The number of amides is 1. The summed E-state index contributed by atoms with van der Waals surface area (Å²) in [4.78, 5) is 13.8. The summed E-state index contributed by atoms with van der Waals surface area (Å²) in [6, 6.07) is 9.66. The van der Waals surface area contributed by atoms with Crippen LogP contribution in [0.2, 0.25) is 0 Å². The van der Waals surface area contributed by atoms with Crippen molar-refractivity contribution < 1.29 is 14.1 Å². The van der Waals surface area contributed by atoms with Gasteiger partial charge in [0, 0.05) is 19.0 Å². The van der Waals surface area contributed by atoms with Crippen molar-refractivity contribution in [2.75, 3.05) is 13.1 Å². The van der Waals surface area contributed by atoms with Crippen LogP contribution in [0.3, 0.4) is 0 Å². The Bertz CT molecular complexity index is 549. The van der Waals surface area contributed by atoms with Gasteiger partial charge in [0.2, 0.25) is 0 Å². The molecule has 2 rings (SSSR count). The fourth-order valence-electron chi connectivity index (χ4n) is 2.34. The minimum absolute atomic E-state index is 0.271. The quantitative estimate of drug-likeness (QED) is 0.616. The van der Waals surface area contributed by atoms with Crippen molar-refractivity contribution in [1.29, 1.82) is 0 Å². The fourth-order valence-corrected chi connectivity index (χ4v) is 2.94. The predicted molar refractivity (Wildman–Crippen MR) is 97.3 cm³/mol. The molecule has 0 spiro atoms. The minimum atomic E-state index is -1.22. The third-order valence-electron chi connectivity index (χ3n) is 3.89. The molecule has 1 atom stereocenters. The Labute approximate surface area is 147 Å². The molecule has 6 heteroatoms. The zero-order valence-corrected chi connectivity index (χ0v) is 15.4. The maximum atomic E-state index is 12.1. The van der Waals surface area contributed by atoms with Gasteiger partial charge in [0.15, 0.2) is 0 Å². The van der Waals surface area contributed by atoms with Gasteiger partial charge in [-0.05, 0) is 39.2 Å². The highest BCUT2D eigenvalue weighted by atomic mass is 32.2. The van der Waals surface area contributed by atoms with Gasteiger partial charge >= 0.3 is 6.09 Å². The van der Waals surface area contributed by atoms with E-state index >= 15 is 0 Å². The van der Waals surface area contributed by atoms with E-state index in [-0.39, 0.29) is 16.8 Å². The molecule has 0 aliphatic carbocycles. The smallest absolute Gasteiger partial charge is 0.410 e. The third kappa shape index (κ3) is 5.83. The fraction of sp³-hybridized carbons (Fsp3) is 0.556. The van der Waals surface area contributed by atoms with Gasteiger partial charge < -0.3 is 14.2 Å². The van der Waals surface area contributed by atoms with Crippen molar-refractivity contribution in [1.82, 2.24) is 4.90 Å². The molecule has 24 heavy (non-hydrogen) atoms. The van der Waals surface area contributed by atoms with Gasteiger partial charge in [0.05, 0.1) is 6.21 Å². The van der Waals surface area contributed by atoms with Crippen LogP contribution in [-0.2, 0) is 22.7 Å². The monoisotopic (exact) mass is 350 g/mol. The zero-order chi connectivity index (χ0) is 17.6. The first kappa shape index (κ1) is 18.8. The number of rotatable bonds is 4. The Hall–Kier alpha value is -1.53. The van der Waals surface area contributed by atoms with E-state index < -0.39 is 11.4 Å². The second kappa shape index (κ2) is 8.53. The molecular weight excluding hydrogens is 324 g/mol. The molecule has 1 aromatic rings. The average molecular weight is 350 g/mol. The van der Waals surface area contributed by atoms with Crippen LogP contribution < -0.4 is 0 Å². The Kier molecular flexibility index (Phi) is 6.69. The van der Waals surface area contributed by atoms with Crippen molar-refractivity contribution in [2.45, 2.75) is 45.0 Å². The lowest BCUT2D eigenvalue weighted by atomic mass is 9.99. The van der Waals surface area contributed by atoms with Gasteiger partial charge in [0.25, 0.3) is 0 Å². The third-order valence-corrected chi connectivity index (χ3v) is 5.26. The first-order chi connectivity index (χ1) is 11.4. The minimum Gasteiger partial charge on any atom is -0.591 e. The number of carbonyl (C=O) groups excluding carboxylic acids is 1. The van der Waals surface area contributed by atoms with E-state index in [1.54, 1.807) is 11.1 Å². The highest BCUT2D eigenvalue weighted by molar-refractivity contribution is 7.91. The molecule has 1 amide bonds. The summed E-state index contributed by atoms with van der Waals surface area (Å²) in [6.07, 6.45) is 3.18. The molecular formula is C18H26N2O3S. The SMILES string of the molecule is CC(C)(C)[S@+]([O-])/N=C\C1CCN(C(=O)OCc2ccccc2)CC1. The summed E-state index contributed by atoms with van der Waals surface area (Å²) in [7, 11) is 0. The van der Waals surface area contributed by atoms with Crippen LogP contribution in [-0.4, -0.2) is 39.6 Å². The lowest BCUT2D eigenvalue weighted by Gasteiger charge is -2.29. The molecule has 1 heterocycles. The normalized spacial score (nSPS) is 17.9. The highest BCUT2D eigenvalue weighted by Crippen LogP contribution is 2.20. The number of benzene rings is 1. The number of carbonyl (C=O) groups is 1. The van der Waals surface area contributed by atoms with Gasteiger partial charge in [-0.15, -0.1) is 0 Å². The van der Waals surface area contributed by atoms with Gasteiger partial charge in [0.1, 0.15) is 22.7 Å². The molecule has 0 saturated carbocycles. The summed E-state index contributed by atoms with van der Waals surface area (Å²) >= 11 is -1.22. The summed E-state index contributed by atoms with van der Waals surface area (Å²) in [5.41, 5.74) is 0.984. The highest BCUT2D eigenvalue weighted by Gasteiger charge is 2.27. The topological polar surface area (TPSA) is 65.0 Å². The molecule has 0 unspecified atom stereocenters. The molecule has 0 N–H and O–H groups in total. The average Bonchev–Trinajstić information content (AvgIpc) is 2.58. The lowest BCUT2D eigenvalue weighted by Crippen LogP contribution is -2.39. The molecule has 1 aromatic carbocycles. The first-order valence-corrected chi connectivity index (χ1v) is 9.39. The number of hydrogen-bond acceptors (Lipinski definition) is 4. The Morgan fingerprint density at radius 1 is 1.33 bits per heavy atom. The largest absolute Gasteiger partial charge is 0.591 e. The van der Waals surface area contributed by atoms with Crippen LogP contribution in [0, 0.1) is 5.92 Å². The van der Waals surface area contributed by atoms with Crippen LogP contribution >= 0.6 is 0 Å². The van der Waals surface area contributed by atoms with Crippen LogP contribution in [0.15, 0.2) is 34.7 Å². The van der Waals surface area contributed by atoms with E-state index in [1.165, 1.54) is 0 Å². The number of likely N-dealkylation sites (tertiary alicyclic amines) is 1. The van der Waals surface area contributed by atoms with Gasteiger partial charge in [-0.2, -0.15) is 0 Å². The number of ether oxygens (including phenoxy) is 1. The number of nitrogens with zero attached hydrogens (tertiary/aromatic N) is 2. The second-order valence-electron chi connectivity index (χ2n) is 6.98. The molecule has 0 radical (unpaired) electrons. The summed E-state index contributed by atoms with van der Waals surface area (Å²) in [5.74, 6) is 0.273. The predicted octanol–water partition coefficient (Wildman–Crippen LogP) is 3.57. The maximum absolute atomic E-state index is 12.1. The molecule has 1 aliphatic rings. The van der Waals surface area contributed by atoms with E-state index in [2.05, 4.69) is 4.40 Å². The summed E-state index contributed by atoms with van der Waals surface area (Å²) in [6.45, 7) is 7.31. The standard InChI is InChI=1S/C18H26N2O3S/c1-18(2,3)24(22)19-13-15-9-11-20(12-10-15)17(21)23-14-16-7-5-4-6-8-16/h4-8,13,15H,9-12,14H2,1-3H3/b19-13-/t24-/m0/s1. The van der Waals surface area contributed by atoms with E-state index in [9.17, 15) is 9.35 Å². The summed E-state index contributed by atoms with van der Waals surface area (Å²) in [5, 5.41) is 0. The van der Waals surface area contributed by atoms with Crippen molar-refractivity contribution in [2.24, 2.45) is 10.3 Å². The molecule has 132 valence electrons. The van der Waals surface area contributed by atoms with Crippen LogP contribution in [0.25, 0.3) is 0 Å². The Morgan fingerprint density at radius 3 is 2.54 bits per heavy atom. The van der Waals surface area contributed by atoms with Gasteiger partial charge in [-0.3, -0.25) is 0 Å². The second-order valence-corrected chi connectivity index (χ2v) is 8.91. The van der Waals surface area contributed by atoms with E-state index in [1.807, 2.05) is 51.1 Å². The lowest BCUT2D eigenvalue weighted by molar-refractivity contribution is 0.0867. The number of piperidine rings is 1. The van der Waals surface area contributed by atoms with Crippen LogP contribution in [0.4, 0.5) is 4.79 Å². The van der Waals surface area contributed by atoms with Crippen LogP contribution in [0.5, 0.6) is 0 Å². The summed E-state index contributed by atoms with van der Waals surface area (Å²) < 4.78 is 21.1.